The predicted octanol–water partition coefficient (Wildman–Crippen LogP) is 3.30. The van der Waals surface area contributed by atoms with Crippen LogP contribution in [-0.4, -0.2) is 70.7 Å². The number of hydrogen-bond donors (Lipinski definition) is 1. The van der Waals surface area contributed by atoms with Crippen LogP contribution in [0, 0.1) is 5.82 Å². The van der Waals surface area contributed by atoms with Gasteiger partial charge in [-0.05, 0) is 6.07 Å². The standard InChI is InChI=1S/C20H17F2N5O4S/c1-29-2-3-30-16-5-13-11(4-12(16)22)18(25-24-13)17-6-14(26-31-17)19-23-15(9-32-19)20(28)27-7-10(21)8-27/h4-6,9-10H,2-3,7-8H2,1H3,(H,24,25). The zero-order valence-electron chi connectivity index (χ0n) is 16.8. The molecule has 1 aromatic carbocycles. The summed E-state index contributed by atoms with van der Waals surface area (Å²) >= 11 is 1.22. The summed E-state index contributed by atoms with van der Waals surface area (Å²) in [6, 6.07) is 4.44. The van der Waals surface area contributed by atoms with E-state index in [1.165, 1.54) is 35.5 Å². The lowest BCUT2D eigenvalue weighted by Crippen LogP contribution is -2.51. The average Bonchev–Trinajstić information content (AvgIpc) is 3.50. The summed E-state index contributed by atoms with van der Waals surface area (Å²) in [7, 11) is 1.53. The number of alkyl halides is 1. The third kappa shape index (κ3) is 3.71. The van der Waals surface area contributed by atoms with E-state index in [0.29, 0.717) is 39.7 Å². The normalized spacial score (nSPS) is 14.2. The Labute approximate surface area is 183 Å². The summed E-state index contributed by atoms with van der Waals surface area (Å²) in [6.07, 6.45) is -0.975. The number of nitrogens with zero attached hydrogens (tertiary/aromatic N) is 4. The van der Waals surface area contributed by atoms with Crippen LogP contribution in [0.5, 0.6) is 5.75 Å². The second kappa shape index (κ2) is 8.28. The van der Waals surface area contributed by atoms with E-state index >= 15 is 0 Å². The number of hydrogen-bond acceptors (Lipinski definition) is 8. The molecule has 166 valence electrons. The Kier molecular flexibility index (Phi) is 5.31. The molecular formula is C20H17F2N5O4S. The van der Waals surface area contributed by atoms with Gasteiger partial charge in [-0.3, -0.25) is 9.89 Å². The summed E-state index contributed by atoms with van der Waals surface area (Å²) in [6.45, 7) is 0.726. The molecule has 1 N–H and O–H groups in total. The largest absolute Gasteiger partial charge is 0.488 e. The van der Waals surface area contributed by atoms with Crippen molar-refractivity contribution in [1.82, 2.24) is 25.2 Å². The molecule has 1 aliphatic rings. The molecule has 0 atom stereocenters. The van der Waals surface area contributed by atoms with Gasteiger partial charge < -0.3 is 18.9 Å². The molecule has 0 bridgehead atoms. The fourth-order valence-electron chi connectivity index (χ4n) is 3.28. The number of methoxy groups -OCH3 is 1. The van der Waals surface area contributed by atoms with Crippen LogP contribution >= 0.6 is 11.3 Å². The Hall–Kier alpha value is -3.38. The van der Waals surface area contributed by atoms with Crippen molar-refractivity contribution < 1.29 is 27.6 Å². The van der Waals surface area contributed by atoms with Crippen molar-refractivity contribution in [2.75, 3.05) is 33.4 Å². The number of H-pyrrole nitrogens is 1. The van der Waals surface area contributed by atoms with E-state index in [2.05, 4.69) is 20.3 Å². The molecule has 4 aromatic rings. The van der Waals surface area contributed by atoms with Gasteiger partial charge in [0.15, 0.2) is 17.3 Å². The second-order valence-corrected chi connectivity index (χ2v) is 8.02. The third-order valence-electron chi connectivity index (χ3n) is 4.97. The van der Waals surface area contributed by atoms with Crippen molar-refractivity contribution in [1.29, 1.82) is 0 Å². The lowest BCUT2D eigenvalue weighted by atomic mass is 10.1. The Morgan fingerprint density at radius 2 is 2.19 bits per heavy atom. The van der Waals surface area contributed by atoms with Gasteiger partial charge in [0, 0.05) is 30.0 Å². The molecule has 9 nitrogen and oxygen atoms in total. The monoisotopic (exact) mass is 461 g/mol. The number of aromatic amines is 1. The highest BCUT2D eigenvalue weighted by atomic mass is 32.1. The first-order chi connectivity index (χ1) is 15.5. The number of likely N-dealkylation sites (tertiary alicyclic amines) is 1. The van der Waals surface area contributed by atoms with Gasteiger partial charge in [0.1, 0.15) is 34.9 Å². The van der Waals surface area contributed by atoms with E-state index in [9.17, 15) is 13.6 Å². The van der Waals surface area contributed by atoms with Gasteiger partial charge in [-0.15, -0.1) is 11.3 Å². The van der Waals surface area contributed by atoms with Crippen LogP contribution in [0.1, 0.15) is 10.5 Å². The number of thiazole rings is 1. The third-order valence-corrected chi connectivity index (χ3v) is 5.84. The highest BCUT2D eigenvalue weighted by Gasteiger charge is 2.32. The maximum atomic E-state index is 14.5. The Morgan fingerprint density at radius 1 is 1.34 bits per heavy atom. The topological polar surface area (TPSA) is 106 Å². The van der Waals surface area contributed by atoms with Crippen molar-refractivity contribution >= 4 is 28.1 Å². The summed E-state index contributed by atoms with van der Waals surface area (Å²) in [5, 5.41) is 13.6. The summed E-state index contributed by atoms with van der Waals surface area (Å²) in [5.41, 5.74) is 1.58. The molecule has 1 saturated heterocycles. The van der Waals surface area contributed by atoms with Crippen molar-refractivity contribution in [3.8, 4) is 27.9 Å². The van der Waals surface area contributed by atoms with Crippen LogP contribution in [-0.2, 0) is 4.74 Å². The Balaban J connectivity index is 1.38. The van der Waals surface area contributed by atoms with Crippen molar-refractivity contribution in [3.05, 3.63) is 35.1 Å². The molecule has 0 spiro atoms. The number of aromatic nitrogens is 4. The van der Waals surface area contributed by atoms with E-state index in [1.807, 2.05) is 0 Å². The molecule has 3 aromatic heterocycles. The smallest absolute Gasteiger partial charge is 0.273 e. The van der Waals surface area contributed by atoms with Gasteiger partial charge in [-0.1, -0.05) is 5.16 Å². The lowest BCUT2D eigenvalue weighted by molar-refractivity contribution is 0.0395. The minimum absolute atomic E-state index is 0.0851. The van der Waals surface area contributed by atoms with Gasteiger partial charge >= 0.3 is 0 Å². The SMILES string of the molecule is COCCOc1cc2[nH]nc(-c3cc(-c4nc(C(=O)N5CC(F)C5)cs4)no3)c2cc1F. The zero-order valence-corrected chi connectivity index (χ0v) is 17.6. The molecule has 0 aliphatic carbocycles. The first kappa shape index (κ1) is 20.5. The molecule has 0 radical (unpaired) electrons. The van der Waals surface area contributed by atoms with Crippen LogP contribution in [0.25, 0.3) is 33.1 Å². The molecule has 0 saturated carbocycles. The number of amides is 1. The fraction of sp³-hybridized carbons (Fsp3) is 0.300. The van der Waals surface area contributed by atoms with Crippen LogP contribution in [0.2, 0.25) is 0 Å². The van der Waals surface area contributed by atoms with E-state index in [0.717, 1.165) is 0 Å². The van der Waals surface area contributed by atoms with Gasteiger partial charge in [0.2, 0.25) is 0 Å². The quantitative estimate of drug-likeness (QED) is 0.421. The molecule has 32 heavy (non-hydrogen) atoms. The number of ether oxygens (including phenoxy) is 2. The zero-order chi connectivity index (χ0) is 22.2. The molecule has 4 heterocycles. The number of nitrogens with one attached hydrogen (secondary N) is 1. The molecule has 0 unspecified atom stereocenters. The van der Waals surface area contributed by atoms with Gasteiger partial charge in [0.25, 0.3) is 5.91 Å². The fourth-order valence-corrected chi connectivity index (χ4v) is 4.03. The van der Waals surface area contributed by atoms with Crippen molar-refractivity contribution in [2.24, 2.45) is 0 Å². The minimum atomic E-state index is -0.975. The summed E-state index contributed by atoms with van der Waals surface area (Å²) in [4.78, 5) is 18.0. The number of fused-ring (bicyclic) bond motifs is 1. The van der Waals surface area contributed by atoms with E-state index < -0.39 is 12.0 Å². The van der Waals surface area contributed by atoms with Crippen LogP contribution in [0.3, 0.4) is 0 Å². The second-order valence-electron chi connectivity index (χ2n) is 7.16. The van der Waals surface area contributed by atoms with Gasteiger partial charge in [-0.25, -0.2) is 13.8 Å². The molecule has 1 aliphatic heterocycles. The van der Waals surface area contributed by atoms with Gasteiger partial charge in [-0.2, -0.15) is 5.10 Å². The molecule has 1 amide bonds. The van der Waals surface area contributed by atoms with E-state index in [1.54, 1.807) is 11.4 Å². The molecule has 1 fully saturated rings. The first-order valence-corrected chi connectivity index (χ1v) is 10.6. The Morgan fingerprint density at radius 3 is 2.97 bits per heavy atom. The number of carbonyl (C=O) groups is 1. The summed E-state index contributed by atoms with van der Waals surface area (Å²) in [5.74, 6) is -0.461. The highest BCUT2D eigenvalue weighted by Crippen LogP contribution is 2.33. The molecule has 12 heteroatoms. The maximum absolute atomic E-state index is 14.5. The number of carbonyl (C=O) groups excluding carboxylic acids is 1. The predicted molar refractivity (Wildman–Crippen MR) is 111 cm³/mol. The maximum Gasteiger partial charge on any atom is 0.273 e. The lowest BCUT2D eigenvalue weighted by Gasteiger charge is -2.33. The number of halogens is 2. The van der Waals surface area contributed by atoms with Crippen LogP contribution < -0.4 is 4.74 Å². The molecule has 5 rings (SSSR count). The van der Waals surface area contributed by atoms with E-state index in [4.69, 9.17) is 14.0 Å². The van der Waals surface area contributed by atoms with Crippen LogP contribution in [0.4, 0.5) is 8.78 Å². The Bertz CT molecular complexity index is 1280. The van der Waals surface area contributed by atoms with Crippen molar-refractivity contribution in [3.63, 3.8) is 0 Å². The average molecular weight is 461 g/mol. The minimum Gasteiger partial charge on any atom is -0.488 e. The van der Waals surface area contributed by atoms with Gasteiger partial charge in [0.05, 0.1) is 25.2 Å². The first-order valence-electron chi connectivity index (χ1n) is 9.69. The number of rotatable bonds is 7. The van der Waals surface area contributed by atoms with Crippen LogP contribution in [0.15, 0.2) is 28.1 Å². The number of benzene rings is 1. The summed E-state index contributed by atoms with van der Waals surface area (Å²) < 4.78 is 43.2. The molecular weight excluding hydrogens is 444 g/mol. The van der Waals surface area contributed by atoms with Crippen molar-refractivity contribution in [2.45, 2.75) is 6.17 Å². The van der Waals surface area contributed by atoms with E-state index in [-0.39, 0.29) is 37.0 Å². The highest BCUT2D eigenvalue weighted by molar-refractivity contribution is 7.13.